The fourth-order valence-electron chi connectivity index (χ4n) is 1.53. The Morgan fingerprint density at radius 1 is 0.864 bits per heavy atom. The Balaban J connectivity index is 2.21. The number of pyridine rings is 2. The van der Waals surface area contributed by atoms with E-state index in [9.17, 15) is 9.59 Å². The van der Waals surface area contributed by atoms with Gasteiger partial charge in [-0.3, -0.25) is 9.97 Å². The molecule has 0 saturated carbocycles. The van der Waals surface area contributed by atoms with Gasteiger partial charge in [0.25, 0.3) is 0 Å². The molecule has 0 aliphatic rings. The molecule has 22 heavy (non-hydrogen) atoms. The second kappa shape index (κ2) is 7.81. The first-order valence-corrected chi connectivity index (χ1v) is 8.21. The zero-order chi connectivity index (χ0) is 15.9. The largest absolute Gasteiger partial charge is 0.465 e. The second-order valence-electron chi connectivity index (χ2n) is 3.89. The topological polar surface area (TPSA) is 78.4 Å². The van der Waals surface area contributed by atoms with E-state index in [0.29, 0.717) is 20.9 Å². The van der Waals surface area contributed by atoms with Gasteiger partial charge in [0.15, 0.2) is 0 Å². The molecule has 0 N–H and O–H groups in total. The summed E-state index contributed by atoms with van der Waals surface area (Å²) in [6.45, 7) is 0. The van der Waals surface area contributed by atoms with Crippen LogP contribution in [-0.4, -0.2) is 36.1 Å². The Bertz CT molecular complexity index is 635. The molecule has 0 aliphatic heterocycles. The van der Waals surface area contributed by atoms with E-state index in [0.717, 1.165) is 0 Å². The zero-order valence-corrected chi connectivity index (χ0v) is 13.4. The summed E-state index contributed by atoms with van der Waals surface area (Å²) >= 11 is 0. The molecule has 114 valence electrons. The van der Waals surface area contributed by atoms with Gasteiger partial charge in [0.2, 0.25) is 0 Å². The molecule has 0 spiro atoms. The summed E-state index contributed by atoms with van der Waals surface area (Å²) in [4.78, 5) is 32.6. The lowest BCUT2D eigenvalue weighted by Gasteiger charge is -2.08. The van der Waals surface area contributed by atoms with E-state index in [1.165, 1.54) is 48.2 Å². The average Bonchev–Trinajstić information content (AvgIpc) is 2.59. The van der Waals surface area contributed by atoms with E-state index in [4.69, 9.17) is 9.47 Å². The van der Waals surface area contributed by atoms with Gasteiger partial charge in [-0.05, 0) is 12.1 Å². The smallest absolute Gasteiger partial charge is 0.340 e. The number of hydrogen-bond donors (Lipinski definition) is 0. The number of carbonyl (C=O) groups excluding carboxylic acids is 2. The van der Waals surface area contributed by atoms with Crippen LogP contribution in [0, 0.1) is 0 Å². The van der Waals surface area contributed by atoms with Crippen LogP contribution in [0.2, 0.25) is 0 Å². The van der Waals surface area contributed by atoms with Gasteiger partial charge in [0, 0.05) is 34.6 Å². The highest BCUT2D eigenvalue weighted by atomic mass is 33.1. The number of hydrogen-bond acceptors (Lipinski definition) is 8. The molecule has 0 unspecified atom stereocenters. The minimum Gasteiger partial charge on any atom is -0.465 e. The monoisotopic (exact) mass is 336 g/mol. The molecule has 2 heterocycles. The van der Waals surface area contributed by atoms with Gasteiger partial charge in [0.1, 0.15) is 0 Å². The van der Waals surface area contributed by atoms with Crippen molar-refractivity contribution in [3.05, 3.63) is 48.0 Å². The quantitative estimate of drug-likeness (QED) is 0.609. The van der Waals surface area contributed by atoms with Crippen LogP contribution in [0.25, 0.3) is 0 Å². The number of nitrogens with zero attached hydrogens (tertiary/aromatic N) is 2. The Morgan fingerprint density at radius 3 is 1.64 bits per heavy atom. The molecular formula is C14H12N2O4S2. The predicted molar refractivity (Wildman–Crippen MR) is 82.9 cm³/mol. The highest BCUT2D eigenvalue weighted by Crippen LogP contribution is 2.40. The molecule has 2 aromatic rings. The van der Waals surface area contributed by atoms with Gasteiger partial charge in [-0.15, -0.1) is 0 Å². The highest BCUT2D eigenvalue weighted by molar-refractivity contribution is 8.76. The molecule has 0 saturated heterocycles. The van der Waals surface area contributed by atoms with Crippen molar-refractivity contribution in [2.75, 3.05) is 14.2 Å². The van der Waals surface area contributed by atoms with Crippen LogP contribution in [0.15, 0.2) is 46.7 Å². The van der Waals surface area contributed by atoms with Crippen LogP contribution in [0.4, 0.5) is 0 Å². The fourth-order valence-corrected chi connectivity index (χ4v) is 3.80. The van der Waals surface area contributed by atoms with Crippen LogP contribution >= 0.6 is 21.6 Å². The average molecular weight is 336 g/mol. The molecule has 0 atom stereocenters. The van der Waals surface area contributed by atoms with Crippen molar-refractivity contribution in [1.29, 1.82) is 0 Å². The van der Waals surface area contributed by atoms with E-state index < -0.39 is 11.9 Å². The van der Waals surface area contributed by atoms with Crippen molar-refractivity contribution in [3.8, 4) is 0 Å². The lowest BCUT2D eigenvalue weighted by atomic mass is 10.3. The van der Waals surface area contributed by atoms with Crippen LogP contribution in [0.5, 0.6) is 0 Å². The highest BCUT2D eigenvalue weighted by Gasteiger charge is 2.16. The maximum absolute atomic E-state index is 11.7. The fraction of sp³-hybridized carbons (Fsp3) is 0.143. The number of methoxy groups -OCH3 is 2. The van der Waals surface area contributed by atoms with Gasteiger partial charge in [-0.1, -0.05) is 21.6 Å². The summed E-state index contributed by atoms with van der Waals surface area (Å²) in [5.41, 5.74) is 0.743. The van der Waals surface area contributed by atoms with Gasteiger partial charge in [-0.25, -0.2) is 9.59 Å². The first-order chi connectivity index (χ1) is 10.7. The number of esters is 2. The molecular weight excluding hydrogens is 324 g/mol. The molecule has 6 nitrogen and oxygen atoms in total. The molecule has 2 aromatic heterocycles. The van der Waals surface area contributed by atoms with Gasteiger partial charge < -0.3 is 9.47 Å². The summed E-state index contributed by atoms with van der Waals surface area (Å²) in [5.74, 6) is -0.918. The van der Waals surface area contributed by atoms with Crippen molar-refractivity contribution >= 4 is 33.5 Å². The van der Waals surface area contributed by atoms with Crippen LogP contribution in [-0.2, 0) is 9.47 Å². The maximum atomic E-state index is 11.7. The molecule has 0 aromatic carbocycles. The SMILES string of the molecule is COC(=O)c1cnccc1SSc1ccncc1C(=O)OC. The third-order valence-corrected chi connectivity index (χ3v) is 5.08. The minimum atomic E-state index is -0.459. The first-order valence-electron chi connectivity index (χ1n) is 6.06. The molecule has 0 aliphatic carbocycles. The van der Waals surface area contributed by atoms with Crippen LogP contribution in [0.3, 0.4) is 0 Å². The van der Waals surface area contributed by atoms with E-state index in [1.54, 1.807) is 24.5 Å². The lowest BCUT2D eigenvalue weighted by molar-refractivity contribution is 0.0587. The summed E-state index contributed by atoms with van der Waals surface area (Å²) in [5, 5.41) is 0. The normalized spacial score (nSPS) is 10.1. The number of rotatable bonds is 5. The van der Waals surface area contributed by atoms with E-state index in [1.807, 2.05) is 0 Å². The molecule has 0 fully saturated rings. The maximum Gasteiger partial charge on any atom is 0.340 e. The standard InChI is InChI=1S/C14H12N2O4S2/c1-19-13(17)9-7-15-5-3-11(9)21-22-12-4-6-16-8-10(12)14(18)20-2/h3-8H,1-2H3. The zero-order valence-electron chi connectivity index (χ0n) is 11.8. The Labute approximate surface area is 135 Å². The molecule has 2 rings (SSSR count). The third-order valence-electron chi connectivity index (χ3n) is 2.59. The molecule has 0 amide bonds. The molecule has 0 radical (unpaired) electrons. The van der Waals surface area contributed by atoms with Gasteiger partial charge >= 0.3 is 11.9 Å². The number of carbonyl (C=O) groups is 2. The van der Waals surface area contributed by atoms with E-state index in [2.05, 4.69) is 9.97 Å². The van der Waals surface area contributed by atoms with Gasteiger partial charge in [-0.2, -0.15) is 0 Å². The predicted octanol–water partition coefficient (Wildman–Crippen LogP) is 2.85. The van der Waals surface area contributed by atoms with Crippen molar-refractivity contribution < 1.29 is 19.1 Å². The van der Waals surface area contributed by atoms with E-state index >= 15 is 0 Å². The Kier molecular flexibility index (Phi) is 5.79. The number of ether oxygens (including phenoxy) is 2. The van der Waals surface area contributed by atoms with Crippen molar-refractivity contribution in [2.45, 2.75) is 9.79 Å². The Morgan fingerprint density at radius 2 is 1.27 bits per heavy atom. The number of aromatic nitrogens is 2. The molecule has 0 bridgehead atoms. The second-order valence-corrected chi connectivity index (χ2v) is 6.11. The van der Waals surface area contributed by atoms with Crippen molar-refractivity contribution in [3.63, 3.8) is 0 Å². The third kappa shape index (κ3) is 3.77. The summed E-state index contributed by atoms with van der Waals surface area (Å²) in [6, 6.07) is 3.42. The Hall–Kier alpha value is -2.06. The first kappa shape index (κ1) is 16.3. The lowest BCUT2D eigenvalue weighted by Crippen LogP contribution is -2.04. The van der Waals surface area contributed by atoms with Crippen molar-refractivity contribution in [2.24, 2.45) is 0 Å². The van der Waals surface area contributed by atoms with Crippen LogP contribution in [0.1, 0.15) is 20.7 Å². The van der Waals surface area contributed by atoms with Crippen molar-refractivity contribution in [1.82, 2.24) is 9.97 Å². The van der Waals surface area contributed by atoms with Gasteiger partial charge in [0.05, 0.1) is 25.3 Å². The minimum absolute atomic E-state index is 0.371. The van der Waals surface area contributed by atoms with Crippen LogP contribution < -0.4 is 0 Å². The summed E-state index contributed by atoms with van der Waals surface area (Å²) < 4.78 is 9.45. The summed E-state index contributed by atoms with van der Waals surface area (Å²) in [7, 11) is 5.28. The summed E-state index contributed by atoms with van der Waals surface area (Å²) in [6.07, 6.45) is 6.07. The van der Waals surface area contributed by atoms with E-state index in [-0.39, 0.29) is 0 Å². The molecule has 8 heteroatoms.